The third-order valence-electron chi connectivity index (χ3n) is 5.11. The van der Waals surface area contributed by atoms with Gasteiger partial charge in [-0.2, -0.15) is 0 Å². The first-order chi connectivity index (χ1) is 15.4. The van der Waals surface area contributed by atoms with Gasteiger partial charge in [-0.1, -0.05) is 11.6 Å². The van der Waals surface area contributed by atoms with Crippen LogP contribution in [0.2, 0.25) is 5.02 Å². The third kappa shape index (κ3) is 4.75. The molecule has 0 saturated carbocycles. The minimum atomic E-state index is -0.543. The zero-order valence-corrected chi connectivity index (χ0v) is 18.0. The molecule has 1 aliphatic heterocycles. The van der Waals surface area contributed by atoms with Crippen molar-refractivity contribution >= 4 is 40.6 Å². The number of nitrogens with zero attached hydrogens (tertiary/aromatic N) is 6. The Balaban J connectivity index is 1.40. The van der Waals surface area contributed by atoms with Crippen LogP contribution in [0.4, 0.5) is 23.1 Å². The quantitative estimate of drug-likeness (QED) is 0.461. The molecule has 32 heavy (non-hydrogen) atoms. The lowest BCUT2D eigenvalue weighted by atomic mass is 10.1. The number of aryl methyl sites for hydroxylation is 1. The number of nitrogens with one attached hydrogen (secondary N) is 1. The number of nitro benzene ring substituents is 1. The van der Waals surface area contributed by atoms with Crippen LogP contribution >= 0.6 is 11.6 Å². The van der Waals surface area contributed by atoms with Crippen LogP contribution in [0.5, 0.6) is 0 Å². The normalized spacial score (nSPS) is 13.7. The minimum absolute atomic E-state index is 0.0721. The summed E-state index contributed by atoms with van der Waals surface area (Å²) in [7, 11) is 0. The standard InChI is InChI=1S/C21H20ClN7O3/c1-14-4-5-23-18(10-14)26-19-12-20(25-13-24-19)27-6-8-28(9-7-27)21(30)16-3-2-15(29(31)32)11-17(16)22/h2-5,10-13H,6-9H2,1H3,(H,23,24,25,26). The van der Waals surface area contributed by atoms with Crippen LogP contribution in [0, 0.1) is 17.0 Å². The molecule has 11 heteroatoms. The number of pyridine rings is 1. The number of benzene rings is 1. The van der Waals surface area contributed by atoms with Crippen LogP contribution in [0.15, 0.2) is 48.9 Å². The first-order valence-electron chi connectivity index (χ1n) is 9.90. The van der Waals surface area contributed by atoms with E-state index in [4.69, 9.17) is 11.6 Å². The van der Waals surface area contributed by atoms with E-state index in [1.54, 1.807) is 11.1 Å². The molecule has 1 saturated heterocycles. The summed E-state index contributed by atoms with van der Waals surface area (Å²) in [6, 6.07) is 9.57. The predicted molar refractivity (Wildman–Crippen MR) is 121 cm³/mol. The number of carbonyl (C=O) groups excluding carboxylic acids is 1. The van der Waals surface area contributed by atoms with Gasteiger partial charge in [0.05, 0.1) is 15.5 Å². The molecule has 1 fully saturated rings. The van der Waals surface area contributed by atoms with E-state index in [-0.39, 0.29) is 22.2 Å². The first kappa shape index (κ1) is 21.4. The van der Waals surface area contributed by atoms with Crippen molar-refractivity contribution in [2.45, 2.75) is 6.92 Å². The van der Waals surface area contributed by atoms with Crippen molar-refractivity contribution in [3.8, 4) is 0 Å². The molecule has 164 valence electrons. The number of rotatable bonds is 5. The fourth-order valence-electron chi connectivity index (χ4n) is 3.42. The Morgan fingerprint density at radius 3 is 2.50 bits per heavy atom. The average molecular weight is 454 g/mol. The van der Waals surface area contributed by atoms with Crippen molar-refractivity contribution in [2.24, 2.45) is 0 Å². The highest BCUT2D eigenvalue weighted by atomic mass is 35.5. The topological polar surface area (TPSA) is 117 Å². The van der Waals surface area contributed by atoms with Crippen molar-refractivity contribution in [2.75, 3.05) is 36.4 Å². The summed E-state index contributed by atoms with van der Waals surface area (Å²) in [6.45, 7) is 4.09. The lowest BCUT2D eigenvalue weighted by Crippen LogP contribution is -2.49. The summed E-state index contributed by atoms with van der Waals surface area (Å²) in [5.74, 6) is 1.82. The van der Waals surface area contributed by atoms with Crippen molar-refractivity contribution in [3.63, 3.8) is 0 Å². The summed E-state index contributed by atoms with van der Waals surface area (Å²) >= 11 is 6.11. The molecule has 0 spiro atoms. The number of piperazine rings is 1. The number of hydrogen-bond acceptors (Lipinski definition) is 8. The number of anilines is 3. The Morgan fingerprint density at radius 1 is 1.06 bits per heavy atom. The molecular weight excluding hydrogens is 434 g/mol. The SMILES string of the molecule is Cc1ccnc(Nc2cc(N3CCN(C(=O)c4ccc([N+](=O)[O-])cc4Cl)CC3)ncn2)c1. The number of carbonyl (C=O) groups is 1. The smallest absolute Gasteiger partial charge is 0.270 e. The second-order valence-electron chi connectivity index (χ2n) is 7.31. The third-order valence-corrected chi connectivity index (χ3v) is 5.42. The van der Waals surface area contributed by atoms with Crippen LogP contribution in [-0.4, -0.2) is 56.9 Å². The summed E-state index contributed by atoms with van der Waals surface area (Å²) in [4.78, 5) is 39.8. The largest absolute Gasteiger partial charge is 0.353 e. The van der Waals surface area contributed by atoms with Gasteiger partial charge in [0.15, 0.2) is 0 Å². The van der Waals surface area contributed by atoms with Gasteiger partial charge in [-0.05, 0) is 30.7 Å². The number of halogens is 1. The summed E-state index contributed by atoms with van der Waals surface area (Å²) in [6.07, 6.45) is 3.22. The fraction of sp³-hybridized carbons (Fsp3) is 0.238. The van der Waals surface area contributed by atoms with Crippen LogP contribution in [0.25, 0.3) is 0 Å². The Hall–Kier alpha value is -3.79. The molecule has 3 heterocycles. The Morgan fingerprint density at radius 2 is 1.81 bits per heavy atom. The molecule has 0 bridgehead atoms. The summed E-state index contributed by atoms with van der Waals surface area (Å²) in [5, 5.41) is 14.1. The van der Waals surface area contributed by atoms with E-state index in [9.17, 15) is 14.9 Å². The minimum Gasteiger partial charge on any atom is -0.353 e. The van der Waals surface area contributed by atoms with Crippen molar-refractivity contribution in [1.29, 1.82) is 0 Å². The molecule has 10 nitrogen and oxygen atoms in total. The van der Waals surface area contributed by atoms with Crippen molar-refractivity contribution < 1.29 is 9.72 Å². The summed E-state index contributed by atoms with van der Waals surface area (Å²) in [5.41, 5.74) is 1.20. The Labute approximate surface area is 189 Å². The van der Waals surface area contributed by atoms with E-state index < -0.39 is 4.92 Å². The highest BCUT2D eigenvalue weighted by molar-refractivity contribution is 6.34. The van der Waals surface area contributed by atoms with Crippen molar-refractivity contribution in [3.05, 3.63) is 75.2 Å². The van der Waals surface area contributed by atoms with E-state index in [2.05, 4.69) is 25.2 Å². The Kier molecular flexibility index (Phi) is 6.13. The highest BCUT2D eigenvalue weighted by Gasteiger charge is 2.25. The van der Waals surface area contributed by atoms with E-state index >= 15 is 0 Å². The van der Waals surface area contributed by atoms with Crippen LogP contribution in [-0.2, 0) is 0 Å². The Bertz CT molecular complexity index is 1170. The molecule has 0 radical (unpaired) electrons. The highest BCUT2D eigenvalue weighted by Crippen LogP contribution is 2.25. The van der Waals surface area contributed by atoms with Crippen LogP contribution in [0.1, 0.15) is 15.9 Å². The van der Waals surface area contributed by atoms with Gasteiger partial charge < -0.3 is 15.1 Å². The number of amides is 1. The maximum absolute atomic E-state index is 12.8. The molecule has 1 amide bonds. The number of hydrogen-bond donors (Lipinski definition) is 1. The van der Waals surface area contributed by atoms with Gasteiger partial charge >= 0.3 is 0 Å². The average Bonchev–Trinajstić information content (AvgIpc) is 2.79. The van der Waals surface area contributed by atoms with Gasteiger partial charge in [0.1, 0.15) is 23.8 Å². The lowest BCUT2D eigenvalue weighted by molar-refractivity contribution is -0.384. The summed E-state index contributed by atoms with van der Waals surface area (Å²) < 4.78 is 0. The zero-order valence-electron chi connectivity index (χ0n) is 17.2. The second kappa shape index (κ2) is 9.15. The number of non-ortho nitro benzene ring substituents is 1. The van der Waals surface area contributed by atoms with Gasteiger partial charge in [-0.3, -0.25) is 14.9 Å². The maximum Gasteiger partial charge on any atom is 0.270 e. The molecule has 3 aromatic rings. The van der Waals surface area contributed by atoms with Crippen LogP contribution in [0.3, 0.4) is 0 Å². The first-order valence-corrected chi connectivity index (χ1v) is 10.3. The predicted octanol–water partition coefficient (Wildman–Crippen LogP) is 3.45. The van der Waals surface area contributed by atoms with Gasteiger partial charge in [0, 0.05) is 50.6 Å². The van der Waals surface area contributed by atoms with Gasteiger partial charge in [-0.15, -0.1) is 0 Å². The number of aromatic nitrogens is 3. The van der Waals surface area contributed by atoms with Crippen LogP contribution < -0.4 is 10.2 Å². The molecular formula is C21H20ClN7O3. The molecule has 2 aromatic heterocycles. The van der Waals surface area contributed by atoms with E-state index in [1.165, 1.54) is 24.5 Å². The second-order valence-corrected chi connectivity index (χ2v) is 7.71. The molecule has 0 aliphatic carbocycles. The van der Waals surface area contributed by atoms with Gasteiger partial charge in [0.2, 0.25) is 0 Å². The van der Waals surface area contributed by atoms with E-state index in [0.29, 0.717) is 37.8 Å². The van der Waals surface area contributed by atoms with Gasteiger partial charge in [0.25, 0.3) is 11.6 Å². The van der Waals surface area contributed by atoms with Crippen molar-refractivity contribution in [1.82, 2.24) is 19.9 Å². The fourth-order valence-corrected chi connectivity index (χ4v) is 3.68. The van der Waals surface area contributed by atoms with E-state index in [0.717, 1.165) is 11.4 Å². The molecule has 0 unspecified atom stereocenters. The number of nitro groups is 1. The molecule has 1 N–H and O–H groups in total. The molecule has 1 aliphatic rings. The monoisotopic (exact) mass is 453 g/mol. The maximum atomic E-state index is 12.8. The molecule has 1 aromatic carbocycles. The molecule has 4 rings (SSSR count). The van der Waals surface area contributed by atoms with Gasteiger partial charge in [-0.25, -0.2) is 15.0 Å². The lowest BCUT2D eigenvalue weighted by Gasteiger charge is -2.35. The molecule has 0 atom stereocenters. The van der Waals surface area contributed by atoms with E-state index in [1.807, 2.05) is 25.1 Å². The zero-order chi connectivity index (χ0) is 22.7.